The van der Waals surface area contributed by atoms with Gasteiger partial charge >= 0.3 is 12.6 Å². The van der Waals surface area contributed by atoms with Crippen LogP contribution in [0.5, 0.6) is 5.75 Å². The molecule has 1 aliphatic rings. The van der Waals surface area contributed by atoms with Gasteiger partial charge < -0.3 is 13.9 Å². The summed E-state index contributed by atoms with van der Waals surface area (Å²) in [5.41, 5.74) is -0.668. The Hall–Kier alpha value is -3.02. The number of aromatic nitrogens is 2. The maximum Gasteiger partial charge on any atom is 0.387 e. The number of ketones is 1. The van der Waals surface area contributed by atoms with Crippen LogP contribution in [0, 0.1) is 23.4 Å². The highest BCUT2D eigenvalue weighted by Crippen LogP contribution is 2.47. The van der Waals surface area contributed by atoms with Crippen LogP contribution in [0.1, 0.15) is 34.6 Å². The van der Waals surface area contributed by atoms with Gasteiger partial charge in [-0.3, -0.25) is 9.59 Å². The second-order valence-electron chi connectivity index (χ2n) is 6.80. The number of alkyl halides is 2. The van der Waals surface area contributed by atoms with Gasteiger partial charge in [-0.05, 0) is 28.9 Å². The molecule has 4 rings (SSSR count). The van der Waals surface area contributed by atoms with Gasteiger partial charge in [-0.25, -0.2) is 18.2 Å². The van der Waals surface area contributed by atoms with Crippen LogP contribution in [0.25, 0.3) is 5.65 Å². The Morgan fingerprint density at radius 3 is 2.53 bits per heavy atom. The van der Waals surface area contributed by atoms with Gasteiger partial charge in [0.1, 0.15) is 28.8 Å². The van der Waals surface area contributed by atoms with Crippen molar-refractivity contribution in [3.05, 3.63) is 63.3 Å². The molecule has 168 valence electrons. The van der Waals surface area contributed by atoms with Crippen molar-refractivity contribution in [2.45, 2.75) is 19.5 Å². The second kappa shape index (κ2) is 8.15. The summed E-state index contributed by atoms with van der Waals surface area (Å²) >= 11 is 3.00. The number of imidazole rings is 1. The van der Waals surface area contributed by atoms with Crippen molar-refractivity contribution in [1.29, 1.82) is 0 Å². The van der Waals surface area contributed by atoms with E-state index >= 15 is 0 Å². The highest BCUT2D eigenvalue weighted by Gasteiger charge is 2.50. The zero-order chi connectivity index (χ0) is 23.3. The SMILES string of the molecule is CCOC(=O)C1C(=O)c2nc3cc(F)c(Br)cn3c2C1c1cc(F)c(F)cc1OC(F)F. The second-order valence-corrected chi connectivity index (χ2v) is 7.65. The van der Waals surface area contributed by atoms with Crippen LogP contribution in [0.4, 0.5) is 22.0 Å². The van der Waals surface area contributed by atoms with Crippen molar-refractivity contribution in [3.63, 3.8) is 0 Å². The number of carbonyl (C=O) groups is 2. The normalized spacial score (nSPS) is 17.8. The van der Waals surface area contributed by atoms with Crippen LogP contribution in [-0.2, 0) is 9.53 Å². The molecule has 12 heteroatoms. The van der Waals surface area contributed by atoms with E-state index in [4.69, 9.17) is 4.74 Å². The maximum atomic E-state index is 14.2. The number of benzene rings is 1. The fourth-order valence-corrected chi connectivity index (χ4v) is 4.10. The Labute approximate surface area is 185 Å². The molecule has 0 spiro atoms. The molecular formula is C20H12BrF5N2O4. The summed E-state index contributed by atoms with van der Waals surface area (Å²) < 4.78 is 78.5. The number of fused-ring (bicyclic) bond motifs is 3. The average molecular weight is 519 g/mol. The van der Waals surface area contributed by atoms with Crippen molar-refractivity contribution in [1.82, 2.24) is 9.38 Å². The first-order chi connectivity index (χ1) is 15.1. The molecule has 0 radical (unpaired) electrons. The summed E-state index contributed by atoms with van der Waals surface area (Å²) in [6.07, 6.45) is 1.22. The van der Waals surface area contributed by atoms with Crippen LogP contribution in [0.3, 0.4) is 0 Å². The Bertz CT molecular complexity index is 1260. The van der Waals surface area contributed by atoms with Crippen molar-refractivity contribution < 1.29 is 41.0 Å². The number of hydrogen-bond donors (Lipinski definition) is 0. The third-order valence-electron chi connectivity index (χ3n) is 4.99. The van der Waals surface area contributed by atoms with Crippen molar-refractivity contribution in [2.24, 2.45) is 5.92 Å². The molecule has 32 heavy (non-hydrogen) atoms. The van der Waals surface area contributed by atoms with Gasteiger partial charge in [0.2, 0.25) is 0 Å². The molecule has 0 saturated heterocycles. The quantitative estimate of drug-likeness (QED) is 0.280. The number of ether oxygens (including phenoxy) is 2. The lowest BCUT2D eigenvalue weighted by Crippen LogP contribution is -2.28. The predicted molar refractivity (Wildman–Crippen MR) is 102 cm³/mol. The standard InChI is InChI=1S/C20H12BrF5N2O4/c1-2-31-19(30)15-14(7-3-10(23)11(24)4-12(7)32-20(25)26)17-16(18(15)29)27-13-5-9(22)8(21)6-28(13)17/h3-6,14-15,20H,2H2,1H3. The van der Waals surface area contributed by atoms with Gasteiger partial charge in [0, 0.05) is 23.9 Å². The Morgan fingerprint density at radius 2 is 1.88 bits per heavy atom. The number of esters is 1. The monoisotopic (exact) mass is 518 g/mol. The van der Waals surface area contributed by atoms with Crippen molar-refractivity contribution in [2.75, 3.05) is 6.61 Å². The summed E-state index contributed by atoms with van der Waals surface area (Å²) in [7, 11) is 0. The number of carbonyl (C=O) groups excluding carboxylic acids is 2. The van der Waals surface area contributed by atoms with Crippen LogP contribution < -0.4 is 4.74 Å². The first kappa shape index (κ1) is 22.2. The smallest absolute Gasteiger partial charge is 0.387 e. The van der Waals surface area contributed by atoms with Crippen LogP contribution >= 0.6 is 15.9 Å². The lowest BCUT2D eigenvalue weighted by molar-refractivity contribution is -0.146. The predicted octanol–water partition coefficient (Wildman–Crippen LogP) is 4.62. The molecule has 0 saturated carbocycles. The van der Waals surface area contributed by atoms with E-state index in [0.717, 1.165) is 6.07 Å². The van der Waals surface area contributed by atoms with Gasteiger partial charge in [0.15, 0.2) is 17.4 Å². The number of hydrogen-bond acceptors (Lipinski definition) is 5. The molecule has 2 heterocycles. The highest BCUT2D eigenvalue weighted by atomic mass is 79.9. The number of nitrogens with zero attached hydrogens (tertiary/aromatic N) is 2. The first-order valence-corrected chi connectivity index (χ1v) is 9.94. The molecule has 2 atom stereocenters. The van der Waals surface area contributed by atoms with Gasteiger partial charge in [-0.15, -0.1) is 0 Å². The van der Waals surface area contributed by atoms with Gasteiger partial charge in [0.25, 0.3) is 0 Å². The average Bonchev–Trinajstić information content (AvgIpc) is 3.19. The van der Waals surface area contributed by atoms with E-state index in [-0.39, 0.29) is 28.1 Å². The number of pyridine rings is 1. The Morgan fingerprint density at radius 1 is 1.19 bits per heavy atom. The molecule has 2 aromatic heterocycles. The van der Waals surface area contributed by atoms with E-state index in [1.807, 2.05) is 0 Å². The fraction of sp³-hybridized carbons (Fsp3) is 0.250. The molecule has 3 aromatic rings. The van der Waals surface area contributed by atoms with E-state index in [1.165, 1.54) is 17.5 Å². The molecular weight excluding hydrogens is 507 g/mol. The Kier molecular flexibility index (Phi) is 5.65. The van der Waals surface area contributed by atoms with Crippen LogP contribution in [0.15, 0.2) is 28.9 Å². The van der Waals surface area contributed by atoms with E-state index in [2.05, 4.69) is 25.7 Å². The van der Waals surface area contributed by atoms with Gasteiger partial charge in [-0.2, -0.15) is 8.78 Å². The summed E-state index contributed by atoms with van der Waals surface area (Å²) in [4.78, 5) is 29.8. The third-order valence-corrected chi connectivity index (χ3v) is 5.57. The molecule has 0 aliphatic heterocycles. The third kappa shape index (κ3) is 3.51. The van der Waals surface area contributed by atoms with Gasteiger partial charge in [-0.1, -0.05) is 0 Å². The van der Waals surface area contributed by atoms with Crippen LogP contribution in [-0.4, -0.2) is 34.4 Å². The fourth-order valence-electron chi connectivity index (χ4n) is 3.78. The number of rotatable bonds is 5. The molecule has 1 aliphatic carbocycles. The molecule has 1 aromatic carbocycles. The lowest BCUT2D eigenvalue weighted by atomic mass is 9.86. The largest absolute Gasteiger partial charge is 0.465 e. The summed E-state index contributed by atoms with van der Waals surface area (Å²) in [6.45, 7) is -2.01. The number of halogens is 6. The van der Waals surface area contributed by atoms with E-state index in [9.17, 15) is 31.5 Å². The minimum atomic E-state index is -3.40. The van der Waals surface area contributed by atoms with Crippen LogP contribution in [0.2, 0.25) is 0 Å². The van der Waals surface area contributed by atoms with E-state index < -0.39 is 59.0 Å². The maximum absolute atomic E-state index is 14.2. The molecule has 6 nitrogen and oxygen atoms in total. The van der Waals surface area contributed by atoms with E-state index in [1.54, 1.807) is 0 Å². The van der Waals surface area contributed by atoms with E-state index in [0.29, 0.717) is 12.1 Å². The van der Waals surface area contributed by atoms with Crippen molar-refractivity contribution >= 4 is 33.3 Å². The molecule has 0 fully saturated rings. The molecule has 0 amide bonds. The summed E-state index contributed by atoms with van der Waals surface area (Å²) in [5.74, 6) is -9.24. The zero-order valence-electron chi connectivity index (χ0n) is 16.0. The minimum absolute atomic E-state index is 0.00567. The highest BCUT2D eigenvalue weighted by molar-refractivity contribution is 9.10. The Balaban J connectivity index is 2.02. The zero-order valence-corrected chi connectivity index (χ0v) is 17.6. The topological polar surface area (TPSA) is 69.9 Å². The lowest BCUT2D eigenvalue weighted by Gasteiger charge is -2.22. The molecule has 0 bridgehead atoms. The summed E-state index contributed by atoms with van der Waals surface area (Å²) in [5, 5.41) is 0. The molecule has 0 N–H and O–H groups in total. The first-order valence-electron chi connectivity index (χ1n) is 9.15. The summed E-state index contributed by atoms with van der Waals surface area (Å²) in [6, 6.07) is 1.98. The molecule has 2 unspecified atom stereocenters. The number of Topliss-reactive ketones (excluding diaryl/α,β-unsaturated/α-hetero) is 1. The minimum Gasteiger partial charge on any atom is -0.465 e. The van der Waals surface area contributed by atoms with Gasteiger partial charge in [0.05, 0.1) is 22.7 Å². The van der Waals surface area contributed by atoms with Crippen molar-refractivity contribution in [3.8, 4) is 5.75 Å².